The zero-order valence-corrected chi connectivity index (χ0v) is 15.6. The van der Waals surface area contributed by atoms with E-state index in [0.717, 1.165) is 16.3 Å². The maximum Gasteiger partial charge on any atom is 0.240 e. The number of nitrogens with one attached hydrogen (secondary N) is 1. The fraction of sp³-hybridized carbons (Fsp3) is 0.316. The van der Waals surface area contributed by atoms with Crippen LogP contribution in [0, 0.1) is 0 Å². The molecule has 0 unspecified atom stereocenters. The van der Waals surface area contributed by atoms with Gasteiger partial charge in [-0.05, 0) is 43.7 Å². The molecule has 3 rings (SSSR count). The van der Waals surface area contributed by atoms with Crippen molar-refractivity contribution in [1.29, 1.82) is 0 Å². The van der Waals surface area contributed by atoms with Crippen molar-refractivity contribution in [2.24, 2.45) is 0 Å². The Balaban J connectivity index is 1.57. The van der Waals surface area contributed by atoms with Crippen LogP contribution in [0.1, 0.15) is 19.4 Å². The number of nitrogens with zero attached hydrogens (tertiary/aromatic N) is 2. The summed E-state index contributed by atoms with van der Waals surface area (Å²) in [5, 5.41) is 3.64. The second kappa shape index (κ2) is 8.23. The molecule has 0 radical (unpaired) electrons. The Morgan fingerprint density at radius 3 is 2.81 bits per heavy atom. The van der Waals surface area contributed by atoms with E-state index in [2.05, 4.69) is 10.3 Å². The first-order valence-corrected chi connectivity index (χ1v) is 9.42. The summed E-state index contributed by atoms with van der Waals surface area (Å²) >= 11 is 1.40. The Morgan fingerprint density at radius 1 is 1.31 bits per heavy atom. The molecule has 0 aliphatic carbocycles. The first-order chi connectivity index (χ1) is 12.5. The molecule has 0 spiro atoms. The lowest BCUT2D eigenvalue weighted by atomic mass is 10.2. The lowest BCUT2D eigenvalue weighted by Gasteiger charge is -2.27. The first-order valence-electron chi connectivity index (χ1n) is 8.43. The van der Waals surface area contributed by atoms with Gasteiger partial charge in [-0.25, -0.2) is 4.98 Å². The molecule has 0 fully saturated rings. The van der Waals surface area contributed by atoms with Crippen molar-refractivity contribution in [3.8, 4) is 5.75 Å². The number of anilines is 1. The van der Waals surface area contributed by atoms with Gasteiger partial charge in [0.15, 0.2) is 0 Å². The standard InChI is InChI=1S/C19H21N3O3S/c1-13(2)25-15-7-5-14(6-8-15)10-21-17(23)11-22-16-4-3-9-20-19(16)26-12-18(22)24/h3-9,13H,10-12H2,1-2H3,(H,21,23). The minimum absolute atomic E-state index is 0.00731. The molecule has 0 saturated carbocycles. The van der Waals surface area contributed by atoms with Crippen LogP contribution in [0.5, 0.6) is 5.75 Å². The monoisotopic (exact) mass is 371 g/mol. The minimum atomic E-state index is -0.206. The van der Waals surface area contributed by atoms with E-state index >= 15 is 0 Å². The predicted octanol–water partition coefficient (Wildman–Crippen LogP) is 2.62. The average molecular weight is 371 g/mol. The van der Waals surface area contributed by atoms with E-state index in [4.69, 9.17) is 4.74 Å². The van der Waals surface area contributed by atoms with Crippen LogP contribution < -0.4 is 15.0 Å². The first kappa shape index (κ1) is 18.3. The fourth-order valence-electron chi connectivity index (χ4n) is 2.57. The highest BCUT2D eigenvalue weighted by Crippen LogP contribution is 2.32. The van der Waals surface area contributed by atoms with Crippen molar-refractivity contribution >= 4 is 29.3 Å². The number of hydrogen-bond acceptors (Lipinski definition) is 5. The summed E-state index contributed by atoms with van der Waals surface area (Å²) in [6, 6.07) is 11.2. The number of pyridine rings is 1. The summed E-state index contributed by atoms with van der Waals surface area (Å²) in [5.74, 6) is 0.813. The van der Waals surface area contributed by atoms with Gasteiger partial charge in [0.05, 0.1) is 17.5 Å². The second-order valence-corrected chi connectivity index (χ2v) is 7.15. The average Bonchev–Trinajstić information content (AvgIpc) is 2.63. The van der Waals surface area contributed by atoms with Crippen LogP contribution in [-0.4, -0.2) is 35.2 Å². The van der Waals surface area contributed by atoms with Gasteiger partial charge in [0.2, 0.25) is 11.8 Å². The van der Waals surface area contributed by atoms with Gasteiger partial charge in [-0.15, -0.1) is 0 Å². The number of fused-ring (bicyclic) bond motifs is 1. The number of benzene rings is 1. The third-order valence-electron chi connectivity index (χ3n) is 3.76. The van der Waals surface area contributed by atoms with Gasteiger partial charge in [-0.1, -0.05) is 23.9 Å². The van der Waals surface area contributed by atoms with Crippen molar-refractivity contribution in [3.05, 3.63) is 48.2 Å². The van der Waals surface area contributed by atoms with Crippen molar-refractivity contribution in [1.82, 2.24) is 10.3 Å². The molecule has 1 aromatic heterocycles. The molecule has 2 aromatic rings. The molecule has 1 N–H and O–H groups in total. The van der Waals surface area contributed by atoms with E-state index in [1.165, 1.54) is 16.7 Å². The number of rotatable bonds is 6. The highest BCUT2D eigenvalue weighted by atomic mass is 32.2. The molecule has 6 nitrogen and oxygen atoms in total. The van der Waals surface area contributed by atoms with Crippen LogP contribution in [0.15, 0.2) is 47.6 Å². The molecule has 0 bridgehead atoms. The predicted molar refractivity (Wildman–Crippen MR) is 101 cm³/mol. The van der Waals surface area contributed by atoms with Crippen molar-refractivity contribution in [2.75, 3.05) is 17.2 Å². The third kappa shape index (κ3) is 4.54. The minimum Gasteiger partial charge on any atom is -0.491 e. The Bertz CT molecular complexity index is 793. The number of hydrogen-bond donors (Lipinski definition) is 1. The van der Waals surface area contributed by atoms with Crippen molar-refractivity contribution in [2.45, 2.75) is 31.5 Å². The van der Waals surface area contributed by atoms with E-state index in [9.17, 15) is 9.59 Å². The van der Waals surface area contributed by atoms with Gasteiger partial charge >= 0.3 is 0 Å². The Labute approximate surface area is 156 Å². The fourth-order valence-corrected chi connectivity index (χ4v) is 3.45. The van der Waals surface area contributed by atoms with Crippen LogP contribution in [0.25, 0.3) is 0 Å². The third-order valence-corrected chi connectivity index (χ3v) is 4.74. The normalized spacial score (nSPS) is 13.5. The number of amides is 2. The van der Waals surface area contributed by atoms with Gasteiger partial charge in [0.25, 0.3) is 0 Å². The number of carbonyl (C=O) groups excluding carboxylic acids is 2. The number of thioether (sulfide) groups is 1. The van der Waals surface area contributed by atoms with E-state index < -0.39 is 0 Å². The molecule has 0 saturated heterocycles. The van der Waals surface area contributed by atoms with Gasteiger partial charge in [-0.2, -0.15) is 0 Å². The molecule has 136 valence electrons. The molecule has 1 aromatic carbocycles. The zero-order valence-electron chi connectivity index (χ0n) is 14.8. The van der Waals surface area contributed by atoms with Gasteiger partial charge < -0.3 is 10.1 Å². The molecular formula is C19H21N3O3S. The maximum absolute atomic E-state index is 12.3. The molecule has 26 heavy (non-hydrogen) atoms. The van der Waals surface area contributed by atoms with Gasteiger partial charge in [0.1, 0.15) is 17.3 Å². The zero-order chi connectivity index (χ0) is 18.5. The smallest absolute Gasteiger partial charge is 0.240 e. The summed E-state index contributed by atoms with van der Waals surface area (Å²) in [7, 11) is 0. The largest absolute Gasteiger partial charge is 0.491 e. The summed E-state index contributed by atoms with van der Waals surface area (Å²) in [5.41, 5.74) is 1.66. The molecule has 1 aliphatic heterocycles. The van der Waals surface area contributed by atoms with Crippen LogP contribution in [0.4, 0.5) is 5.69 Å². The summed E-state index contributed by atoms with van der Waals surface area (Å²) in [6.07, 6.45) is 1.81. The molecule has 1 aliphatic rings. The van der Waals surface area contributed by atoms with E-state index in [1.807, 2.05) is 44.2 Å². The summed E-state index contributed by atoms with van der Waals surface area (Å²) < 4.78 is 5.60. The molecular weight excluding hydrogens is 350 g/mol. The van der Waals surface area contributed by atoms with Gasteiger partial charge in [-0.3, -0.25) is 14.5 Å². The summed E-state index contributed by atoms with van der Waals surface area (Å²) in [6.45, 7) is 4.34. The Morgan fingerprint density at radius 2 is 2.08 bits per heavy atom. The topological polar surface area (TPSA) is 71.5 Å². The highest BCUT2D eigenvalue weighted by Gasteiger charge is 2.27. The molecule has 7 heteroatoms. The van der Waals surface area contributed by atoms with Crippen LogP contribution in [0.3, 0.4) is 0 Å². The van der Waals surface area contributed by atoms with E-state index in [1.54, 1.807) is 12.3 Å². The quantitative estimate of drug-likeness (QED) is 0.845. The molecule has 2 amide bonds. The molecule has 0 atom stereocenters. The SMILES string of the molecule is CC(C)Oc1ccc(CNC(=O)CN2C(=O)CSc3ncccc32)cc1. The molecule has 2 heterocycles. The highest BCUT2D eigenvalue weighted by molar-refractivity contribution is 8.00. The van der Waals surface area contributed by atoms with E-state index in [0.29, 0.717) is 18.0 Å². The van der Waals surface area contributed by atoms with Crippen molar-refractivity contribution in [3.63, 3.8) is 0 Å². The van der Waals surface area contributed by atoms with E-state index in [-0.39, 0.29) is 24.5 Å². The number of carbonyl (C=O) groups is 2. The van der Waals surface area contributed by atoms with Crippen LogP contribution in [-0.2, 0) is 16.1 Å². The van der Waals surface area contributed by atoms with Crippen LogP contribution >= 0.6 is 11.8 Å². The maximum atomic E-state index is 12.3. The lowest BCUT2D eigenvalue weighted by molar-refractivity contribution is -0.123. The number of ether oxygens (including phenoxy) is 1. The van der Waals surface area contributed by atoms with Crippen LogP contribution in [0.2, 0.25) is 0 Å². The lowest BCUT2D eigenvalue weighted by Crippen LogP contribution is -2.43. The Hall–Kier alpha value is -2.54. The van der Waals surface area contributed by atoms with Gasteiger partial charge in [0, 0.05) is 12.7 Å². The van der Waals surface area contributed by atoms with Crippen molar-refractivity contribution < 1.29 is 14.3 Å². The Kier molecular flexibility index (Phi) is 5.78. The number of aromatic nitrogens is 1. The second-order valence-electron chi connectivity index (χ2n) is 6.18. The summed E-state index contributed by atoms with van der Waals surface area (Å²) in [4.78, 5) is 30.2.